The van der Waals surface area contributed by atoms with Gasteiger partial charge in [-0.25, -0.2) is 9.78 Å². The van der Waals surface area contributed by atoms with Gasteiger partial charge >= 0.3 is 6.03 Å². The second kappa shape index (κ2) is 7.92. The molecular weight excluding hydrogens is 370 g/mol. The van der Waals surface area contributed by atoms with Crippen LogP contribution in [0.4, 0.5) is 10.6 Å². The van der Waals surface area contributed by atoms with Crippen molar-refractivity contribution in [3.8, 4) is 16.9 Å². The van der Waals surface area contributed by atoms with Crippen LogP contribution in [0.2, 0.25) is 0 Å². The average molecular weight is 393 g/mol. The number of urea groups is 1. The lowest BCUT2D eigenvalue weighted by atomic mass is 10.1. The Hall–Kier alpha value is -3.39. The summed E-state index contributed by atoms with van der Waals surface area (Å²) in [4.78, 5) is 21.1. The Kier molecular flexibility index (Phi) is 5.18. The number of anilines is 1. The zero-order valence-corrected chi connectivity index (χ0v) is 16.4. The molecule has 0 bridgehead atoms. The van der Waals surface area contributed by atoms with Gasteiger partial charge in [-0.05, 0) is 36.8 Å². The third-order valence-corrected chi connectivity index (χ3v) is 5.23. The number of aryl methyl sites for hydroxylation is 1. The monoisotopic (exact) mass is 393 g/mol. The molecule has 150 valence electrons. The molecule has 1 atom stereocenters. The minimum Gasteiger partial charge on any atom is -0.497 e. The van der Waals surface area contributed by atoms with Crippen molar-refractivity contribution in [2.45, 2.75) is 13.0 Å². The van der Waals surface area contributed by atoms with Crippen LogP contribution in [-0.4, -0.2) is 58.0 Å². The molecule has 0 radical (unpaired) electrons. The maximum Gasteiger partial charge on any atom is 0.326 e. The number of benzene rings is 1. The summed E-state index contributed by atoms with van der Waals surface area (Å²) in [6.07, 6.45) is 3.55. The van der Waals surface area contributed by atoms with E-state index in [0.717, 1.165) is 22.4 Å². The Morgan fingerprint density at radius 3 is 2.83 bits per heavy atom. The molecule has 3 aromatic rings. The van der Waals surface area contributed by atoms with Crippen molar-refractivity contribution >= 4 is 11.8 Å². The summed E-state index contributed by atoms with van der Waals surface area (Å²) in [7, 11) is 1.59. The van der Waals surface area contributed by atoms with Gasteiger partial charge in [-0.1, -0.05) is 12.1 Å². The largest absolute Gasteiger partial charge is 0.497 e. The quantitative estimate of drug-likeness (QED) is 0.672. The number of hydrogen-bond donors (Lipinski definition) is 2. The summed E-state index contributed by atoms with van der Waals surface area (Å²) >= 11 is 0. The molecule has 1 aromatic carbocycles. The smallest absolute Gasteiger partial charge is 0.326 e. The van der Waals surface area contributed by atoms with E-state index in [9.17, 15) is 9.90 Å². The van der Waals surface area contributed by atoms with Crippen molar-refractivity contribution in [3.05, 3.63) is 60.0 Å². The van der Waals surface area contributed by atoms with E-state index in [-0.39, 0.29) is 12.6 Å². The number of amides is 2. The van der Waals surface area contributed by atoms with Gasteiger partial charge in [-0.15, -0.1) is 0 Å². The van der Waals surface area contributed by atoms with Gasteiger partial charge in [0.25, 0.3) is 0 Å². The number of carbonyl (C=O) groups is 1. The summed E-state index contributed by atoms with van der Waals surface area (Å²) in [6, 6.07) is 10.6. The number of nitrogens with zero attached hydrogens (tertiary/aromatic N) is 4. The van der Waals surface area contributed by atoms with Crippen LogP contribution in [0, 0.1) is 6.92 Å². The third-order valence-electron chi connectivity index (χ3n) is 5.23. The number of nitrogens with one attached hydrogen (secondary N) is 1. The number of H-pyrrole nitrogens is 1. The maximum atomic E-state index is 13.1. The summed E-state index contributed by atoms with van der Waals surface area (Å²) in [5.74, 6) is 1.29. The third kappa shape index (κ3) is 3.54. The highest BCUT2D eigenvalue weighted by Crippen LogP contribution is 2.30. The number of aromatic amines is 1. The van der Waals surface area contributed by atoms with Gasteiger partial charge in [0.05, 0.1) is 26.0 Å². The van der Waals surface area contributed by atoms with E-state index in [1.54, 1.807) is 23.1 Å². The molecule has 8 nitrogen and oxygen atoms in total. The van der Waals surface area contributed by atoms with Gasteiger partial charge in [0.15, 0.2) is 0 Å². The van der Waals surface area contributed by atoms with E-state index >= 15 is 0 Å². The first-order chi connectivity index (χ1) is 14.1. The van der Waals surface area contributed by atoms with Gasteiger partial charge in [-0.2, -0.15) is 5.10 Å². The normalized spacial score (nSPS) is 15.1. The first-order valence-corrected chi connectivity index (χ1v) is 9.42. The van der Waals surface area contributed by atoms with Crippen LogP contribution in [0.5, 0.6) is 5.75 Å². The lowest BCUT2D eigenvalue weighted by Crippen LogP contribution is -2.36. The van der Waals surface area contributed by atoms with Crippen molar-refractivity contribution < 1.29 is 14.6 Å². The molecule has 1 saturated heterocycles. The molecule has 0 saturated carbocycles. The fourth-order valence-corrected chi connectivity index (χ4v) is 3.69. The van der Waals surface area contributed by atoms with E-state index in [1.165, 1.54) is 0 Å². The highest BCUT2D eigenvalue weighted by Gasteiger charge is 2.35. The standard InChI is InChI=1S/C21H23N5O3/c1-14-18(16-11-22-23-12-16)6-7-20(24-14)26-9-8-25(21(26)28)19(13-27)15-4-3-5-17(10-15)29-2/h3-7,10-12,19,27H,8-9,13H2,1-2H3,(H,22,23). The fraction of sp³-hybridized carbons (Fsp3) is 0.286. The number of aliphatic hydroxyl groups excluding tert-OH is 1. The van der Waals surface area contributed by atoms with Crippen LogP contribution in [0.25, 0.3) is 11.1 Å². The van der Waals surface area contributed by atoms with Crippen molar-refractivity contribution in [1.82, 2.24) is 20.1 Å². The SMILES string of the molecule is COc1cccc(C(CO)N2CCN(c3ccc(-c4cn[nH]c4)c(C)n3)C2=O)c1. The Morgan fingerprint density at radius 1 is 1.28 bits per heavy atom. The van der Waals surface area contributed by atoms with Crippen LogP contribution in [0.15, 0.2) is 48.8 Å². The van der Waals surface area contributed by atoms with Crippen LogP contribution >= 0.6 is 0 Å². The predicted octanol–water partition coefficient (Wildman–Crippen LogP) is 2.76. The van der Waals surface area contributed by atoms with Crippen molar-refractivity contribution in [3.63, 3.8) is 0 Å². The van der Waals surface area contributed by atoms with Crippen LogP contribution in [-0.2, 0) is 0 Å². The van der Waals surface area contributed by atoms with E-state index in [1.807, 2.05) is 49.5 Å². The number of hydrogen-bond acceptors (Lipinski definition) is 5. The first kappa shape index (κ1) is 18.9. The van der Waals surface area contributed by atoms with E-state index in [0.29, 0.717) is 24.7 Å². The molecule has 0 aliphatic carbocycles. The number of aromatic nitrogens is 3. The Bertz CT molecular complexity index is 1010. The molecule has 4 rings (SSSR count). The Labute approximate surface area is 168 Å². The summed E-state index contributed by atoms with van der Waals surface area (Å²) < 4.78 is 5.27. The number of rotatable bonds is 6. The summed E-state index contributed by atoms with van der Waals surface area (Å²) in [5, 5.41) is 16.8. The Balaban J connectivity index is 1.57. The van der Waals surface area contributed by atoms with Crippen molar-refractivity contribution in [2.24, 2.45) is 0 Å². The van der Waals surface area contributed by atoms with E-state index < -0.39 is 6.04 Å². The summed E-state index contributed by atoms with van der Waals surface area (Å²) in [6.45, 7) is 2.76. The molecule has 2 amide bonds. The van der Waals surface area contributed by atoms with E-state index in [4.69, 9.17) is 4.74 Å². The highest BCUT2D eigenvalue weighted by molar-refractivity contribution is 5.93. The van der Waals surface area contributed by atoms with Gasteiger partial charge in [0.2, 0.25) is 0 Å². The molecule has 29 heavy (non-hydrogen) atoms. The van der Waals surface area contributed by atoms with Gasteiger partial charge in [0.1, 0.15) is 11.6 Å². The maximum absolute atomic E-state index is 13.1. The fourth-order valence-electron chi connectivity index (χ4n) is 3.69. The zero-order valence-electron chi connectivity index (χ0n) is 16.4. The summed E-state index contributed by atoms with van der Waals surface area (Å²) in [5.41, 5.74) is 3.58. The predicted molar refractivity (Wildman–Crippen MR) is 109 cm³/mol. The Morgan fingerprint density at radius 2 is 2.14 bits per heavy atom. The number of aliphatic hydroxyl groups is 1. The highest BCUT2D eigenvalue weighted by atomic mass is 16.5. The molecule has 1 fully saturated rings. The van der Waals surface area contributed by atoms with Gasteiger partial charge < -0.3 is 14.7 Å². The second-order valence-corrected chi connectivity index (χ2v) is 6.89. The molecular formula is C21H23N5O3. The number of carbonyl (C=O) groups excluding carboxylic acids is 1. The van der Waals surface area contributed by atoms with Crippen LogP contribution in [0.3, 0.4) is 0 Å². The van der Waals surface area contributed by atoms with Crippen LogP contribution < -0.4 is 9.64 Å². The molecule has 2 aromatic heterocycles. The zero-order chi connectivity index (χ0) is 20.4. The van der Waals surface area contributed by atoms with Crippen molar-refractivity contribution in [1.29, 1.82) is 0 Å². The molecule has 1 aliphatic rings. The number of ether oxygens (including phenoxy) is 1. The van der Waals surface area contributed by atoms with E-state index in [2.05, 4.69) is 15.2 Å². The van der Waals surface area contributed by atoms with Gasteiger partial charge in [-0.3, -0.25) is 10.00 Å². The second-order valence-electron chi connectivity index (χ2n) is 6.89. The number of pyridine rings is 1. The average Bonchev–Trinajstić information content (AvgIpc) is 3.39. The molecule has 1 unspecified atom stereocenters. The molecule has 1 aliphatic heterocycles. The van der Waals surface area contributed by atoms with Gasteiger partial charge in [0, 0.05) is 36.1 Å². The van der Waals surface area contributed by atoms with Crippen molar-refractivity contribution in [2.75, 3.05) is 31.7 Å². The molecule has 2 N–H and O–H groups in total. The topological polar surface area (TPSA) is 94.6 Å². The molecule has 8 heteroatoms. The number of methoxy groups -OCH3 is 1. The minimum absolute atomic E-state index is 0.168. The van der Waals surface area contributed by atoms with Crippen LogP contribution in [0.1, 0.15) is 17.3 Å². The first-order valence-electron chi connectivity index (χ1n) is 9.42. The minimum atomic E-state index is -0.436. The lowest BCUT2D eigenvalue weighted by molar-refractivity contribution is 0.153. The molecule has 0 spiro atoms. The lowest BCUT2D eigenvalue weighted by Gasteiger charge is -2.27. The molecule has 3 heterocycles.